The molecule has 0 spiro atoms. The van der Waals surface area contributed by atoms with Crippen molar-refractivity contribution in [3.63, 3.8) is 0 Å². The van der Waals surface area contributed by atoms with Crippen LogP contribution in [0.1, 0.15) is 30.4 Å². The molecule has 0 aromatic heterocycles. The molecule has 2 unspecified atom stereocenters. The monoisotopic (exact) mass is 221 g/mol. The molecular weight excluding hydrogens is 202 g/mol. The number of aliphatic hydroxyl groups excluding tert-OH is 1. The number of aliphatic hydroxyl groups is 1. The summed E-state index contributed by atoms with van der Waals surface area (Å²) in [4.78, 5) is 0. The third kappa shape index (κ3) is 1.81. The van der Waals surface area contributed by atoms with Crippen molar-refractivity contribution in [2.75, 3.05) is 6.54 Å². The van der Waals surface area contributed by atoms with Crippen molar-refractivity contribution in [2.24, 2.45) is 5.73 Å². The van der Waals surface area contributed by atoms with Crippen molar-refractivity contribution >= 4 is 0 Å². The van der Waals surface area contributed by atoms with Gasteiger partial charge < -0.3 is 15.9 Å². The summed E-state index contributed by atoms with van der Waals surface area (Å²) in [5.74, 6) is 0.314. The number of nitrogens with two attached hydrogens (primary N) is 1. The van der Waals surface area contributed by atoms with Gasteiger partial charge in [0.05, 0.1) is 6.10 Å². The molecule has 1 aliphatic carbocycles. The summed E-state index contributed by atoms with van der Waals surface area (Å²) in [6, 6.07) is 5.63. The van der Waals surface area contributed by atoms with Crippen LogP contribution in [0.4, 0.5) is 0 Å². The van der Waals surface area contributed by atoms with E-state index < -0.39 is 0 Å². The molecule has 1 aromatic carbocycles. The van der Waals surface area contributed by atoms with Crippen molar-refractivity contribution in [1.29, 1.82) is 0 Å². The third-order valence-electron chi connectivity index (χ3n) is 3.78. The standard InChI is InChI=1S/C13H19NO2/c1-9-6-10(2-3-12(9)16)13(8-14)5-4-11(15)7-13/h2-3,6,11,15-16H,4-5,7-8,14H2,1H3. The van der Waals surface area contributed by atoms with E-state index in [2.05, 4.69) is 0 Å². The summed E-state index contributed by atoms with van der Waals surface area (Å²) < 4.78 is 0. The van der Waals surface area contributed by atoms with Crippen molar-refractivity contribution < 1.29 is 10.2 Å². The maximum Gasteiger partial charge on any atom is 0.118 e. The molecule has 0 heterocycles. The second-order valence-corrected chi connectivity index (χ2v) is 4.88. The SMILES string of the molecule is Cc1cc(C2(CN)CCC(O)C2)ccc1O. The average Bonchev–Trinajstić information content (AvgIpc) is 2.65. The van der Waals surface area contributed by atoms with E-state index in [1.807, 2.05) is 19.1 Å². The summed E-state index contributed by atoms with van der Waals surface area (Å²) in [5.41, 5.74) is 7.79. The van der Waals surface area contributed by atoms with Crippen LogP contribution < -0.4 is 5.73 Å². The minimum absolute atomic E-state index is 0.0993. The number of phenolic OH excluding ortho intramolecular Hbond substituents is 1. The van der Waals surface area contributed by atoms with Crippen LogP contribution in [0.2, 0.25) is 0 Å². The van der Waals surface area contributed by atoms with E-state index in [0.29, 0.717) is 12.3 Å². The largest absolute Gasteiger partial charge is 0.508 e. The van der Waals surface area contributed by atoms with Crippen LogP contribution in [0.3, 0.4) is 0 Å². The Morgan fingerprint density at radius 1 is 1.50 bits per heavy atom. The summed E-state index contributed by atoms with van der Waals surface area (Å²) >= 11 is 0. The number of aryl methyl sites for hydroxylation is 1. The summed E-state index contributed by atoms with van der Waals surface area (Å²) in [5, 5.41) is 19.2. The lowest BCUT2D eigenvalue weighted by Gasteiger charge is -2.28. The van der Waals surface area contributed by atoms with E-state index in [9.17, 15) is 10.2 Å². The van der Waals surface area contributed by atoms with Crippen LogP contribution in [-0.4, -0.2) is 22.9 Å². The molecule has 0 saturated heterocycles. The van der Waals surface area contributed by atoms with Gasteiger partial charge in [-0.25, -0.2) is 0 Å². The maximum absolute atomic E-state index is 9.68. The van der Waals surface area contributed by atoms with Crippen molar-refractivity contribution in [2.45, 2.75) is 37.7 Å². The molecule has 2 rings (SSSR count). The summed E-state index contributed by atoms with van der Waals surface area (Å²) in [6.07, 6.45) is 2.23. The second-order valence-electron chi connectivity index (χ2n) is 4.88. The lowest BCUT2D eigenvalue weighted by atomic mass is 9.78. The van der Waals surface area contributed by atoms with Gasteiger partial charge in [-0.15, -0.1) is 0 Å². The van der Waals surface area contributed by atoms with Gasteiger partial charge in [0.25, 0.3) is 0 Å². The molecule has 0 radical (unpaired) electrons. The van der Waals surface area contributed by atoms with Gasteiger partial charge in [-0.3, -0.25) is 0 Å². The molecular formula is C13H19NO2. The van der Waals surface area contributed by atoms with E-state index in [-0.39, 0.29) is 11.5 Å². The van der Waals surface area contributed by atoms with Crippen molar-refractivity contribution in [3.05, 3.63) is 29.3 Å². The third-order valence-corrected chi connectivity index (χ3v) is 3.78. The molecule has 1 fully saturated rings. The lowest BCUT2D eigenvalue weighted by molar-refractivity contribution is 0.174. The van der Waals surface area contributed by atoms with E-state index >= 15 is 0 Å². The first-order valence-electron chi connectivity index (χ1n) is 5.76. The topological polar surface area (TPSA) is 66.5 Å². The van der Waals surface area contributed by atoms with Crippen molar-refractivity contribution in [3.8, 4) is 5.75 Å². The van der Waals surface area contributed by atoms with E-state index in [0.717, 1.165) is 30.4 Å². The highest BCUT2D eigenvalue weighted by Gasteiger charge is 2.38. The number of phenols is 1. The molecule has 1 aromatic rings. The Hall–Kier alpha value is -1.06. The predicted molar refractivity (Wildman–Crippen MR) is 63.4 cm³/mol. The Labute approximate surface area is 95.9 Å². The highest BCUT2D eigenvalue weighted by molar-refractivity contribution is 5.39. The molecule has 88 valence electrons. The van der Waals surface area contributed by atoms with Crippen LogP contribution in [0.15, 0.2) is 18.2 Å². The Bertz CT molecular complexity index is 392. The molecule has 0 aliphatic heterocycles. The van der Waals surface area contributed by atoms with E-state index in [1.54, 1.807) is 6.07 Å². The Balaban J connectivity index is 2.37. The van der Waals surface area contributed by atoms with Crippen molar-refractivity contribution in [1.82, 2.24) is 0 Å². The zero-order valence-corrected chi connectivity index (χ0v) is 9.61. The highest BCUT2D eigenvalue weighted by Crippen LogP contribution is 2.41. The molecule has 1 saturated carbocycles. The number of aromatic hydroxyl groups is 1. The minimum atomic E-state index is -0.238. The first-order valence-corrected chi connectivity index (χ1v) is 5.76. The zero-order valence-electron chi connectivity index (χ0n) is 9.61. The lowest BCUT2D eigenvalue weighted by Crippen LogP contribution is -2.33. The molecule has 1 aliphatic rings. The van der Waals surface area contributed by atoms with Gasteiger partial charge in [0, 0.05) is 12.0 Å². The van der Waals surface area contributed by atoms with Gasteiger partial charge in [-0.2, -0.15) is 0 Å². The van der Waals surface area contributed by atoms with Crippen LogP contribution in [0.5, 0.6) is 5.75 Å². The molecule has 0 bridgehead atoms. The molecule has 2 atom stereocenters. The van der Waals surface area contributed by atoms with Gasteiger partial charge in [0.1, 0.15) is 5.75 Å². The highest BCUT2D eigenvalue weighted by atomic mass is 16.3. The zero-order chi connectivity index (χ0) is 11.8. The number of rotatable bonds is 2. The van der Waals surface area contributed by atoms with Crippen LogP contribution in [0, 0.1) is 6.92 Å². The maximum atomic E-state index is 9.68. The molecule has 3 heteroatoms. The quantitative estimate of drug-likeness (QED) is 0.708. The van der Waals surface area contributed by atoms with Gasteiger partial charge in [0.15, 0.2) is 0 Å². The first-order chi connectivity index (χ1) is 7.57. The smallest absolute Gasteiger partial charge is 0.118 e. The Morgan fingerprint density at radius 3 is 2.75 bits per heavy atom. The molecule has 4 N–H and O–H groups in total. The van der Waals surface area contributed by atoms with Crippen LogP contribution >= 0.6 is 0 Å². The van der Waals surface area contributed by atoms with Crippen LogP contribution in [-0.2, 0) is 5.41 Å². The summed E-state index contributed by atoms with van der Waals surface area (Å²) in [7, 11) is 0. The molecule has 3 nitrogen and oxygen atoms in total. The van der Waals surface area contributed by atoms with Crippen LogP contribution in [0.25, 0.3) is 0 Å². The second kappa shape index (κ2) is 4.07. The van der Waals surface area contributed by atoms with Gasteiger partial charge in [0.2, 0.25) is 0 Å². The Kier molecular flexibility index (Phi) is 2.91. The number of benzene rings is 1. The molecule has 0 amide bonds. The first kappa shape index (κ1) is 11.4. The predicted octanol–water partition coefficient (Wildman–Crippen LogP) is 1.44. The van der Waals surface area contributed by atoms with E-state index in [4.69, 9.17) is 5.73 Å². The normalized spacial score (nSPS) is 29.6. The summed E-state index contributed by atoms with van der Waals surface area (Å²) in [6.45, 7) is 2.43. The fourth-order valence-electron chi connectivity index (χ4n) is 2.65. The van der Waals surface area contributed by atoms with Gasteiger partial charge >= 0.3 is 0 Å². The van der Waals surface area contributed by atoms with Gasteiger partial charge in [-0.05, 0) is 43.4 Å². The Morgan fingerprint density at radius 2 is 2.25 bits per heavy atom. The number of hydrogen-bond acceptors (Lipinski definition) is 3. The fourth-order valence-corrected chi connectivity index (χ4v) is 2.65. The molecule has 16 heavy (non-hydrogen) atoms. The fraction of sp³-hybridized carbons (Fsp3) is 0.538. The minimum Gasteiger partial charge on any atom is -0.508 e. The van der Waals surface area contributed by atoms with E-state index in [1.165, 1.54) is 0 Å². The van der Waals surface area contributed by atoms with Gasteiger partial charge in [-0.1, -0.05) is 12.1 Å². The number of hydrogen-bond donors (Lipinski definition) is 3. The average molecular weight is 221 g/mol.